The van der Waals surface area contributed by atoms with Gasteiger partial charge in [0.1, 0.15) is 0 Å². The molecule has 0 saturated heterocycles. The van der Waals surface area contributed by atoms with Crippen molar-refractivity contribution in [3.05, 3.63) is 35.9 Å². The molecule has 0 aliphatic heterocycles. The van der Waals surface area contributed by atoms with E-state index >= 15 is 0 Å². The standard InChI is InChI=1S/C11H15N3O/c1-2-13-11(12)14-10(15)8-9-6-4-3-5-7-9/h3-7H,2,8H2,1H3,(H3,12,13,14,15). The molecule has 0 aromatic heterocycles. The summed E-state index contributed by atoms with van der Waals surface area (Å²) in [6.45, 7) is 2.50. The number of carbonyl (C=O) groups is 1. The van der Waals surface area contributed by atoms with Gasteiger partial charge in [0.2, 0.25) is 5.91 Å². The summed E-state index contributed by atoms with van der Waals surface area (Å²) in [5.74, 6) is -0.120. The fourth-order valence-corrected chi connectivity index (χ4v) is 1.19. The molecule has 0 bridgehead atoms. The SMILES string of the molecule is CCNC(=N)NC(=O)Cc1ccccc1. The van der Waals surface area contributed by atoms with Gasteiger partial charge in [-0.1, -0.05) is 30.3 Å². The minimum absolute atomic E-state index is 0.0541. The molecule has 0 heterocycles. The molecule has 0 atom stereocenters. The van der Waals surface area contributed by atoms with Crippen LogP contribution in [0.2, 0.25) is 0 Å². The smallest absolute Gasteiger partial charge is 0.231 e. The van der Waals surface area contributed by atoms with E-state index < -0.39 is 0 Å². The lowest BCUT2D eigenvalue weighted by atomic mass is 10.1. The Kier molecular flexibility index (Phi) is 4.34. The van der Waals surface area contributed by atoms with Gasteiger partial charge in [-0.05, 0) is 12.5 Å². The van der Waals surface area contributed by atoms with Crippen LogP contribution < -0.4 is 10.6 Å². The maximum Gasteiger partial charge on any atom is 0.231 e. The molecule has 1 amide bonds. The summed E-state index contributed by atoms with van der Waals surface area (Å²) in [5, 5.41) is 12.5. The molecule has 0 saturated carbocycles. The van der Waals surface area contributed by atoms with Crippen LogP contribution in [-0.4, -0.2) is 18.4 Å². The van der Waals surface area contributed by atoms with Crippen molar-refractivity contribution < 1.29 is 4.79 Å². The first-order chi connectivity index (χ1) is 7.22. The normalized spacial score (nSPS) is 9.40. The highest BCUT2D eigenvalue weighted by Crippen LogP contribution is 1.98. The molecule has 3 N–H and O–H groups in total. The van der Waals surface area contributed by atoms with Crippen LogP contribution >= 0.6 is 0 Å². The van der Waals surface area contributed by atoms with Crippen LogP contribution in [0.3, 0.4) is 0 Å². The van der Waals surface area contributed by atoms with E-state index in [0.717, 1.165) is 5.56 Å². The van der Waals surface area contributed by atoms with E-state index in [0.29, 0.717) is 13.0 Å². The molecule has 4 nitrogen and oxygen atoms in total. The summed E-state index contributed by atoms with van der Waals surface area (Å²) < 4.78 is 0. The number of amides is 1. The van der Waals surface area contributed by atoms with Crippen LogP contribution in [0.1, 0.15) is 12.5 Å². The zero-order valence-corrected chi connectivity index (χ0v) is 8.71. The first-order valence-corrected chi connectivity index (χ1v) is 4.88. The Bertz CT molecular complexity index is 335. The summed E-state index contributed by atoms with van der Waals surface area (Å²) in [5.41, 5.74) is 0.944. The van der Waals surface area contributed by atoms with Gasteiger partial charge in [-0.15, -0.1) is 0 Å². The number of hydrogen-bond donors (Lipinski definition) is 3. The number of guanidine groups is 1. The minimum Gasteiger partial charge on any atom is -0.357 e. The van der Waals surface area contributed by atoms with Crippen molar-refractivity contribution >= 4 is 11.9 Å². The van der Waals surface area contributed by atoms with Crippen molar-refractivity contribution in [1.82, 2.24) is 10.6 Å². The number of benzene rings is 1. The van der Waals surface area contributed by atoms with Crippen LogP contribution in [0, 0.1) is 5.41 Å². The first-order valence-electron chi connectivity index (χ1n) is 4.88. The molecule has 4 heteroatoms. The summed E-state index contributed by atoms with van der Waals surface area (Å²) in [6.07, 6.45) is 0.300. The molecule has 0 spiro atoms. The maximum atomic E-state index is 11.4. The number of hydrogen-bond acceptors (Lipinski definition) is 2. The summed E-state index contributed by atoms with van der Waals surface area (Å²) in [7, 11) is 0. The average Bonchev–Trinajstić information content (AvgIpc) is 2.19. The lowest BCUT2D eigenvalue weighted by molar-refractivity contribution is -0.119. The van der Waals surface area contributed by atoms with Crippen LogP contribution in [0.25, 0.3) is 0 Å². The molecule has 0 fully saturated rings. The Labute approximate surface area is 89.2 Å². The average molecular weight is 205 g/mol. The minimum atomic E-state index is -0.174. The molecule has 1 aromatic rings. The largest absolute Gasteiger partial charge is 0.357 e. The molecule has 0 aliphatic rings. The van der Waals surface area contributed by atoms with Gasteiger partial charge < -0.3 is 5.32 Å². The molecule has 80 valence electrons. The van der Waals surface area contributed by atoms with Crippen LogP contribution in [0.5, 0.6) is 0 Å². The predicted octanol–water partition coefficient (Wildman–Crippen LogP) is 0.890. The summed E-state index contributed by atoms with van der Waals surface area (Å²) in [6, 6.07) is 9.45. The van der Waals surface area contributed by atoms with Gasteiger partial charge in [0, 0.05) is 6.54 Å². The Morgan fingerprint density at radius 3 is 2.60 bits per heavy atom. The molecule has 15 heavy (non-hydrogen) atoms. The highest BCUT2D eigenvalue weighted by molar-refractivity contribution is 5.96. The third-order valence-corrected chi connectivity index (χ3v) is 1.83. The van der Waals surface area contributed by atoms with Crippen molar-refractivity contribution in [3.63, 3.8) is 0 Å². The Balaban J connectivity index is 2.40. The van der Waals surface area contributed by atoms with Gasteiger partial charge >= 0.3 is 0 Å². The molecular formula is C11H15N3O. The molecule has 0 aliphatic carbocycles. The summed E-state index contributed by atoms with van der Waals surface area (Å²) in [4.78, 5) is 11.4. The fraction of sp³-hybridized carbons (Fsp3) is 0.273. The van der Waals surface area contributed by atoms with Gasteiger partial charge in [0.05, 0.1) is 6.42 Å². The molecule has 0 unspecified atom stereocenters. The van der Waals surface area contributed by atoms with Gasteiger partial charge in [0.15, 0.2) is 5.96 Å². The third-order valence-electron chi connectivity index (χ3n) is 1.83. The molecule has 1 rings (SSSR count). The summed E-state index contributed by atoms with van der Waals surface area (Å²) >= 11 is 0. The van der Waals surface area contributed by atoms with E-state index in [1.54, 1.807) is 0 Å². The van der Waals surface area contributed by atoms with E-state index in [1.165, 1.54) is 0 Å². The van der Waals surface area contributed by atoms with E-state index in [1.807, 2.05) is 37.3 Å². The molecule has 1 aromatic carbocycles. The number of nitrogens with one attached hydrogen (secondary N) is 3. The van der Waals surface area contributed by atoms with Gasteiger partial charge in [-0.2, -0.15) is 0 Å². The second-order valence-corrected chi connectivity index (χ2v) is 3.12. The van der Waals surface area contributed by atoms with E-state index in [-0.39, 0.29) is 11.9 Å². The van der Waals surface area contributed by atoms with Crippen LogP contribution in [-0.2, 0) is 11.2 Å². The van der Waals surface area contributed by atoms with Gasteiger partial charge in [-0.25, -0.2) is 0 Å². The number of rotatable bonds is 3. The molecule has 0 radical (unpaired) electrons. The quantitative estimate of drug-likeness (QED) is 0.507. The zero-order chi connectivity index (χ0) is 11.1. The van der Waals surface area contributed by atoms with Crippen molar-refractivity contribution in [3.8, 4) is 0 Å². The monoisotopic (exact) mass is 205 g/mol. The van der Waals surface area contributed by atoms with E-state index in [4.69, 9.17) is 5.41 Å². The van der Waals surface area contributed by atoms with E-state index in [2.05, 4.69) is 10.6 Å². The third kappa shape index (κ3) is 4.26. The van der Waals surface area contributed by atoms with Crippen molar-refractivity contribution in [2.45, 2.75) is 13.3 Å². The fourth-order valence-electron chi connectivity index (χ4n) is 1.19. The lowest BCUT2D eigenvalue weighted by Crippen LogP contribution is -2.40. The molecular weight excluding hydrogens is 190 g/mol. The second-order valence-electron chi connectivity index (χ2n) is 3.12. The van der Waals surface area contributed by atoms with Crippen LogP contribution in [0.15, 0.2) is 30.3 Å². The zero-order valence-electron chi connectivity index (χ0n) is 8.71. The highest BCUT2D eigenvalue weighted by atomic mass is 16.1. The maximum absolute atomic E-state index is 11.4. The highest BCUT2D eigenvalue weighted by Gasteiger charge is 2.04. The predicted molar refractivity (Wildman–Crippen MR) is 59.7 cm³/mol. The Morgan fingerprint density at radius 1 is 1.33 bits per heavy atom. The topological polar surface area (TPSA) is 65.0 Å². The van der Waals surface area contributed by atoms with Gasteiger partial charge in [0.25, 0.3) is 0 Å². The van der Waals surface area contributed by atoms with Crippen molar-refractivity contribution in [1.29, 1.82) is 5.41 Å². The Morgan fingerprint density at radius 2 is 2.00 bits per heavy atom. The van der Waals surface area contributed by atoms with Crippen molar-refractivity contribution in [2.24, 2.45) is 0 Å². The van der Waals surface area contributed by atoms with Crippen LogP contribution in [0.4, 0.5) is 0 Å². The number of carbonyl (C=O) groups excluding carboxylic acids is 1. The lowest BCUT2D eigenvalue weighted by Gasteiger charge is -2.07. The van der Waals surface area contributed by atoms with Gasteiger partial charge in [-0.3, -0.25) is 15.5 Å². The van der Waals surface area contributed by atoms with Crippen molar-refractivity contribution in [2.75, 3.05) is 6.54 Å². The first kappa shape index (κ1) is 11.2. The second kappa shape index (κ2) is 5.80. The Hall–Kier alpha value is -1.84. The van der Waals surface area contributed by atoms with E-state index in [9.17, 15) is 4.79 Å².